The number of rotatable bonds is 9. The van der Waals surface area contributed by atoms with Gasteiger partial charge in [0.05, 0.1) is 36.4 Å². The van der Waals surface area contributed by atoms with Gasteiger partial charge in [-0.2, -0.15) is 0 Å². The number of carbonyl (C=O) groups excluding carboxylic acids is 1. The molecule has 3 atom stereocenters. The van der Waals surface area contributed by atoms with E-state index >= 15 is 0 Å². The average Bonchev–Trinajstić information content (AvgIpc) is 2.80. The number of methoxy groups -OCH3 is 1. The number of carbonyl (C=O) groups is 1. The number of halogens is 1. The van der Waals surface area contributed by atoms with Crippen molar-refractivity contribution in [1.82, 2.24) is 10.0 Å². The van der Waals surface area contributed by atoms with Gasteiger partial charge in [-0.05, 0) is 55.7 Å². The summed E-state index contributed by atoms with van der Waals surface area (Å²) < 4.78 is 38.4. The molecule has 2 aromatic rings. The molecule has 1 heterocycles. The number of anilines is 1. The average molecular weight is 498 g/mol. The van der Waals surface area contributed by atoms with E-state index in [0.717, 1.165) is 0 Å². The molecule has 0 radical (unpaired) electrons. The highest BCUT2D eigenvalue weighted by molar-refractivity contribution is 7.89. The van der Waals surface area contributed by atoms with E-state index in [9.17, 15) is 18.3 Å². The Morgan fingerprint density at radius 2 is 1.91 bits per heavy atom. The molecule has 2 amide bonds. The lowest BCUT2D eigenvalue weighted by molar-refractivity contribution is -0.0884. The fraction of sp³-hybridized carbons (Fsp3) is 0.409. The number of ether oxygens (including phenoxy) is 2. The first-order valence-electron chi connectivity index (χ1n) is 10.5. The van der Waals surface area contributed by atoms with E-state index in [1.807, 2.05) is 0 Å². The highest BCUT2D eigenvalue weighted by atomic mass is 35.5. The van der Waals surface area contributed by atoms with Crippen LogP contribution in [0.1, 0.15) is 19.3 Å². The molecular formula is C22H28ClN3O6S. The van der Waals surface area contributed by atoms with Crippen LogP contribution in [-0.4, -0.2) is 58.1 Å². The van der Waals surface area contributed by atoms with Crippen molar-refractivity contribution in [2.24, 2.45) is 0 Å². The number of para-hydroxylation sites is 2. The van der Waals surface area contributed by atoms with Gasteiger partial charge >= 0.3 is 6.03 Å². The van der Waals surface area contributed by atoms with Crippen LogP contribution in [0.3, 0.4) is 0 Å². The van der Waals surface area contributed by atoms with E-state index in [4.69, 9.17) is 21.1 Å². The van der Waals surface area contributed by atoms with Crippen LogP contribution in [0.5, 0.6) is 5.75 Å². The zero-order valence-electron chi connectivity index (χ0n) is 18.2. The van der Waals surface area contributed by atoms with E-state index in [0.29, 0.717) is 35.7 Å². The largest absolute Gasteiger partial charge is 0.495 e. The van der Waals surface area contributed by atoms with Crippen LogP contribution in [0.15, 0.2) is 53.4 Å². The van der Waals surface area contributed by atoms with Crippen molar-refractivity contribution in [1.29, 1.82) is 0 Å². The van der Waals surface area contributed by atoms with Gasteiger partial charge in [0.2, 0.25) is 10.0 Å². The molecule has 11 heteroatoms. The molecule has 1 aliphatic heterocycles. The lowest BCUT2D eigenvalue weighted by atomic mass is 9.97. The molecule has 1 fully saturated rings. The number of amides is 2. The molecule has 9 nitrogen and oxygen atoms in total. The number of hydrogen-bond acceptors (Lipinski definition) is 6. The van der Waals surface area contributed by atoms with Crippen molar-refractivity contribution >= 4 is 33.3 Å². The number of hydrogen-bond donors (Lipinski definition) is 4. The highest BCUT2D eigenvalue weighted by Gasteiger charge is 2.32. The van der Waals surface area contributed by atoms with E-state index in [2.05, 4.69) is 15.4 Å². The van der Waals surface area contributed by atoms with E-state index < -0.39 is 22.2 Å². The maximum atomic E-state index is 12.4. The molecule has 1 saturated heterocycles. The van der Waals surface area contributed by atoms with Crippen LogP contribution in [-0.2, 0) is 14.8 Å². The third kappa shape index (κ3) is 7.05. The van der Waals surface area contributed by atoms with Gasteiger partial charge in [-0.3, -0.25) is 0 Å². The highest BCUT2D eigenvalue weighted by Crippen LogP contribution is 2.24. The summed E-state index contributed by atoms with van der Waals surface area (Å²) in [5.74, 6) is 0.535. The summed E-state index contributed by atoms with van der Waals surface area (Å²) in [4.78, 5) is 12.6. The predicted molar refractivity (Wildman–Crippen MR) is 125 cm³/mol. The Morgan fingerprint density at radius 3 is 2.61 bits per heavy atom. The van der Waals surface area contributed by atoms with Crippen LogP contribution in [0.25, 0.3) is 0 Å². The van der Waals surface area contributed by atoms with Crippen LogP contribution < -0.4 is 20.1 Å². The molecule has 3 rings (SSSR count). The van der Waals surface area contributed by atoms with Crippen LogP contribution >= 0.6 is 11.6 Å². The van der Waals surface area contributed by atoms with Crippen molar-refractivity contribution in [3.63, 3.8) is 0 Å². The third-order valence-electron chi connectivity index (χ3n) is 5.35. The summed E-state index contributed by atoms with van der Waals surface area (Å²) in [6.07, 6.45) is 0.784. The molecule has 2 aromatic carbocycles. The van der Waals surface area contributed by atoms with Crippen molar-refractivity contribution in [3.8, 4) is 5.75 Å². The van der Waals surface area contributed by atoms with Crippen LogP contribution in [0, 0.1) is 0 Å². The monoisotopic (exact) mass is 497 g/mol. The van der Waals surface area contributed by atoms with Gasteiger partial charge in [-0.15, -0.1) is 0 Å². The fourth-order valence-electron chi connectivity index (χ4n) is 3.64. The summed E-state index contributed by atoms with van der Waals surface area (Å²) >= 11 is 5.80. The standard InChI is InChI=1S/C22H28ClN3O6S/c1-31-20-5-3-2-4-18(20)25-22(28)26-19-11-8-16(32-21(19)14-27)12-13-24-33(29,30)17-9-6-15(23)7-10-17/h2-7,9-10,16,19,21,24,27H,8,11-14H2,1H3,(H2,25,26,28)/t16-,19-,21-/m0/s1. The van der Waals surface area contributed by atoms with Gasteiger partial charge in [0.25, 0.3) is 0 Å². The Labute approximate surface area is 198 Å². The van der Waals surface area contributed by atoms with E-state index in [-0.39, 0.29) is 30.2 Å². The summed E-state index contributed by atoms with van der Waals surface area (Å²) in [5.41, 5.74) is 0.528. The van der Waals surface area contributed by atoms with Gasteiger partial charge in [0.15, 0.2) is 0 Å². The molecule has 33 heavy (non-hydrogen) atoms. The Balaban J connectivity index is 1.48. The third-order valence-corrected chi connectivity index (χ3v) is 7.08. The minimum absolute atomic E-state index is 0.134. The molecule has 0 unspecified atom stereocenters. The van der Waals surface area contributed by atoms with E-state index in [1.54, 1.807) is 24.3 Å². The maximum Gasteiger partial charge on any atom is 0.319 e. The van der Waals surface area contributed by atoms with Gasteiger partial charge in [0.1, 0.15) is 11.9 Å². The number of urea groups is 1. The van der Waals surface area contributed by atoms with Crippen molar-refractivity contribution < 1.29 is 27.8 Å². The normalized spacial score (nSPS) is 20.8. The van der Waals surface area contributed by atoms with E-state index in [1.165, 1.54) is 31.4 Å². The molecule has 180 valence electrons. The number of aliphatic hydroxyl groups excluding tert-OH is 1. The minimum Gasteiger partial charge on any atom is -0.495 e. The molecule has 1 aliphatic rings. The maximum absolute atomic E-state index is 12.4. The van der Waals surface area contributed by atoms with Gasteiger partial charge in [-0.1, -0.05) is 23.7 Å². The number of benzene rings is 2. The Kier molecular flexibility index (Phi) is 8.93. The SMILES string of the molecule is COc1ccccc1NC(=O)N[C@H]1CC[C@@H](CCNS(=O)(=O)c2ccc(Cl)cc2)O[C@H]1CO. The first kappa shape index (κ1) is 25.3. The lowest BCUT2D eigenvalue weighted by Gasteiger charge is -2.36. The summed E-state index contributed by atoms with van der Waals surface area (Å²) in [7, 11) is -2.13. The van der Waals surface area contributed by atoms with Gasteiger partial charge < -0.3 is 25.2 Å². The summed E-state index contributed by atoms with van der Waals surface area (Å²) in [6, 6.07) is 12.1. The molecule has 0 saturated carbocycles. The van der Waals surface area contributed by atoms with Gasteiger partial charge in [-0.25, -0.2) is 17.9 Å². The van der Waals surface area contributed by atoms with Crippen LogP contribution in [0.2, 0.25) is 5.02 Å². The lowest BCUT2D eigenvalue weighted by Crippen LogP contribution is -2.52. The number of sulfonamides is 1. The molecule has 4 N–H and O–H groups in total. The molecular weight excluding hydrogens is 470 g/mol. The minimum atomic E-state index is -3.65. The zero-order chi connectivity index (χ0) is 23.8. The smallest absolute Gasteiger partial charge is 0.319 e. The van der Waals surface area contributed by atoms with Crippen molar-refractivity contribution in [2.75, 3.05) is 25.6 Å². The van der Waals surface area contributed by atoms with Gasteiger partial charge in [0, 0.05) is 11.6 Å². The quantitative estimate of drug-likeness (QED) is 0.422. The Morgan fingerprint density at radius 1 is 1.18 bits per heavy atom. The Bertz CT molecular complexity index is 1030. The molecule has 0 aliphatic carbocycles. The van der Waals surface area contributed by atoms with Crippen LogP contribution in [0.4, 0.5) is 10.5 Å². The Hall–Kier alpha value is -2.37. The molecule has 0 aromatic heterocycles. The second-order valence-electron chi connectivity index (χ2n) is 7.60. The first-order valence-corrected chi connectivity index (χ1v) is 12.4. The first-order chi connectivity index (χ1) is 15.8. The summed E-state index contributed by atoms with van der Waals surface area (Å²) in [6.45, 7) is -0.0905. The number of nitrogens with one attached hydrogen (secondary N) is 3. The van der Waals surface area contributed by atoms with Crippen molar-refractivity contribution in [3.05, 3.63) is 53.6 Å². The molecule has 0 spiro atoms. The zero-order valence-corrected chi connectivity index (χ0v) is 19.7. The second kappa shape index (κ2) is 11.7. The topological polar surface area (TPSA) is 126 Å². The fourth-order valence-corrected chi connectivity index (χ4v) is 4.81. The van der Waals surface area contributed by atoms with Crippen molar-refractivity contribution in [2.45, 2.75) is 42.4 Å². The molecule has 0 bridgehead atoms. The second-order valence-corrected chi connectivity index (χ2v) is 9.81. The number of aliphatic hydroxyl groups is 1. The summed E-state index contributed by atoms with van der Waals surface area (Å²) in [5, 5.41) is 15.8. The predicted octanol–water partition coefficient (Wildman–Crippen LogP) is 2.75.